The van der Waals surface area contributed by atoms with Gasteiger partial charge >= 0.3 is 0 Å². The zero-order chi connectivity index (χ0) is 21.8. The molecule has 4 rings (SSSR count). The number of aryl methyl sites for hydroxylation is 2. The van der Waals surface area contributed by atoms with E-state index in [0.717, 1.165) is 28.1 Å². The van der Waals surface area contributed by atoms with Crippen LogP contribution < -0.4 is 5.32 Å². The van der Waals surface area contributed by atoms with Crippen molar-refractivity contribution in [2.45, 2.75) is 20.4 Å². The molecule has 6 nitrogen and oxygen atoms in total. The topological polar surface area (TPSA) is 87.4 Å². The number of halogens is 1. The van der Waals surface area contributed by atoms with Crippen LogP contribution in [0.5, 0.6) is 0 Å². The Kier molecular flexibility index (Phi) is 5.63. The fraction of sp³-hybridized carbons (Fsp3) is 0.125. The Labute approximate surface area is 179 Å². The monoisotopic (exact) mass is 410 g/mol. The molecule has 4 aromatic heterocycles. The summed E-state index contributed by atoms with van der Waals surface area (Å²) in [5, 5.41) is 12.6. The number of nitriles is 1. The van der Waals surface area contributed by atoms with Gasteiger partial charge < -0.3 is 5.32 Å². The summed E-state index contributed by atoms with van der Waals surface area (Å²) in [7, 11) is 0. The first-order chi connectivity index (χ1) is 15.0. The second kappa shape index (κ2) is 8.67. The van der Waals surface area contributed by atoms with Crippen LogP contribution in [0.15, 0.2) is 61.2 Å². The lowest BCUT2D eigenvalue weighted by atomic mass is 10.0. The maximum atomic E-state index is 15.0. The van der Waals surface area contributed by atoms with Gasteiger partial charge in [0.1, 0.15) is 6.07 Å². The zero-order valence-electron chi connectivity index (χ0n) is 17.1. The van der Waals surface area contributed by atoms with Crippen molar-refractivity contribution < 1.29 is 4.39 Å². The maximum absolute atomic E-state index is 15.0. The number of hydrogen-bond donors (Lipinski definition) is 1. The van der Waals surface area contributed by atoms with E-state index in [-0.39, 0.29) is 12.4 Å². The first-order valence-corrected chi connectivity index (χ1v) is 9.68. The Hall–Kier alpha value is -4.18. The minimum atomic E-state index is -0.439. The number of rotatable bonds is 5. The van der Waals surface area contributed by atoms with E-state index < -0.39 is 5.82 Å². The third-order valence-corrected chi connectivity index (χ3v) is 4.79. The summed E-state index contributed by atoms with van der Waals surface area (Å²) in [5.74, 6) is -0.301. The lowest BCUT2D eigenvalue weighted by Crippen LogP contribution is -2.06. The van der Waals surface area contributed by atoms with Crippen LogP contribution in [0.4, 0.5) is 10.2 Å². The molecule has 0 saturated carbocycles. The summed E-state index contributed by atoms with van der Waals surface area (Å²) >= 11 is 0. The molecule has 1 N–H and O–H groups in total. The van der Waals surface area contributed by atoms with E-state index in [2.05, 4.69) is 31.3 Å². The van der Waals surface area contributed by atoms with E-state index in [9.17, 15) is 5.26 Å². The van der Waals surface area contributed by atoms with Crippen LogP contribution in [-0.4, -0.2) is 19.9 Å². The van der Waals surface area contributed by atoms with Crippen molar-refractivity contribution in [3.05, 3.63) is 89.5 Å². The van der Waals surface area contributed by atoms with Crippen molar-refractivity contribution in [2.75, 3.05) is 5.32 Å². The quantitative estimate of drug-likeness (QED) is 0.507. The van der Waals surface area contributed by atoms with Crippen LogP contribution in [0.2, 0.25) is 0 Å². The van der Waals surface area contributed by atoms with Crippen LogP contribution in [0.3, 0.4) is 0 Å². The summed E-state index contributed by atoms with van der Waals surface area (Å²) in [6, 6.07) is 12.9. The third kappa shape index (κ3) is 4.38. The number of pyridine rings is 4. The molecule has 4 aromatic rings. The van der Waals surface area contributed by atoms with Gasteiger partial charge in [0.15, 0.2) is 11.6 Å². The predicted octanol–water partition coefficient (Wildman–Crippen LogP) is 4.84. The van der Waals surface area contributed by atoms with Crippen LogP contribution in [0, 0.1) is 31.0 Å². The summed E-state index contributed by atoms with van der Waals surface area (Å²) in [4.78, 5) is 16.9. The van der Waals surface area contributed by atoms with Crippen molar-refractivity contribution >= 4 is 5.82 Å². The van der Waals surface area contributed by atoms with Crippen LogP contribution in [0.1, 0.15) is 22.5 Å². The molecule has 0 saturated heterocycles. The highest BCUT2D eigenvalue weighted by molar-refractivity contribution is 5.68. The molecule has 0 radical (unpaired) electrons. The summed E-state index contributed by atoms with van der Waals surface area (Å²) in [6.07, 6.45) is 6.57. The van der Waals surface area contributed by atoms with Gasteiger partial charge in [0.05, 0.1) is 11.3 Å². The molecule has 0 atom stereocenters. The predicted molar refractivity (Wildman–Crippen MR) is 116 cm³/mol. The van der Waals surface area contributed by atoms with E-state index in [1.54, 1.807) is 43.0 Å². The van der Waals surface area contributed by atoms with Crippen molar-refractivity contribution in [1.82, 2.24) is 19.9 Å². The van der Waals surface area contributed by atoms with E-state index in [0.29, 0.717) is 16.8 Å². The SMILES string of the molecule is Cc1cc(-c2ccnc(NCc3cnc(-c4ccnc(C)c4)c(C#N)c3)c2F)ccn1. The van der Waals surface area contributed by atoms with Crippen LogP contribution >= 0.6 is 0 Å². The van der Waals surface area contributed by atoms with Gasteiger partial charge in [-0.25, -0.2) is 9.37 Å². The first-order valence-electron chi connectivity index (χ1n) is 9.68. The number of hydrogen-bond acceptors (Lipinski definition) is 6. The lowest BCUT2D eigenvalue weighted by molar-refractivity contribution is 0.628. The minimum Gasteiger partial charge on any atom is -0.363 e. The molecule has 152 valence electrons. The van der Waals surface area contributed by atoms with Crippen molar-refractivity contribution in [3.63, 3.8) is 0 Å². The molecule has 4 heterocycles. The fourth-order valence-electron chi connectivity index (χ4n) is 3.30. The molecular formula is C24H19FN6. The third-order valence-electron chi connectivity index (χ3n) is 4.79. The Morgan fingerprint density at radius 2 is 1.58 bits per heavy atom. The average Bonchev–Trinajstić information content (AvgIpc) is 2.78. The molecule has 0 unspecified atom stereocenters. The average molecular weight is 410 g/mol. The van der Waals surface area contributed by atoms with Gasteiger partial charge in [0.25, 0.3) is 0 Å². The Balaban J connectivity index is 1.57. The van der Waals surface area contributed by atoms with E-state index in [4.69, 9.17) is 0 Å². The van der Waals surface area contributed by atoms with Gasteiger partial charge in [-0.15, -0.1) is 0 Å². The number of anilines is 1. The van der Waals surface area contributed by atoms with Gasteiger partial charge in [-0.1, -0.05) is 0 Å². The van der Waals surface area contributed by atoms with Crippen molar-refractivity contribution in [3.8, 4) is 28.5 Å². The molecular weight excluding hydrogens is 391 g/mol. The zero-order valence-corrected chi connectivity index (χ0v) is 17.1. The van der Waals surface area contributed by atoms with E-state index >= 15 is 4.39 Å². The highest BCUT2D eigenvalue weighted by Gasteiger charge is 2.13. The summed E-state index contributed by atoms with van der Waals surface area (Å²) < 4.78 is 15.0. The standard InChI is InChI=1S/C24H19FN6/c1-15-9-18(3-6-27-15)21-5-8-29-24(22(21)25)31-14-17-11-20(12-26)23(30-13-17)19-4-7-28-16(2)10-19/h3-11,13H,14H2,1-2H3,(H,29,31). The van der Waals surface area contributed by atoms with E-state index in [1.165, 1.54) is 0 Å². The fourth-order valence-corrected chi connectivity index (χ4v) is 3.30. The molecule has 0 bridgehead atoms. The van der Waals surface area contributed by atoms with Gasteiger partial charge in [0.2, 0.25) is 0 Å². The van der Waals surface area contributed by atoms with Gasteiger partial charge in [-0.05, 0) is 61.4 Å². The molecule has 0 spiro atoms. The molecule has 0 fully saturated rings. The second-order valence-electron chi connectivity index (χ2n) is 7.10. The highest BCUT2D eigenvalue weighted by atomic mass is 19.1. The smallest absolute Gasteiger partial charge is 0.173 e. The maximum Gasteiger partial charge on any atom is 0.173 e. The Morgan fingerprint density at radius 3 is 2.29 bits per heavy atom. The van der Waals surface area contributed by atoms with Gasteiger partial charge in [-0.3, -0.25) is 15.0 Å². The van der Waals surface area contributed by atoms with Gasteiger partial charge in [-0.2, -0.15) is 5.26 Å². The van der Waals surface area contributed by atoms with Gasteiger partial charge in [0, 0.05) is 53.8 Å². The Bertz CT molecular complexity index is 1300. The molecule has 31 heavy (non-hydrogen) atoms. The minimum absolute atomic E-state index is 0.138. The molecule has 0 amide bonds. The van der Waals surface area contributed by atoms with Crippen molar-refractivity contribution in [1.29, 1.82) is 5.26 Å². The van der Waals surface area contributed by atoms with Crippen molar-refractivity contribution in [2.24, 2.45) is 0 Å². The second-order valence-corrected chi connectivity index (χ2v) is 7.10. The molecule has 0 aliphatic carbocycles. The Morgan fingerprint density at radius 1 is 0.903 bits per heavy atom. The highest BCUT2D eigenvalue weighted by Crippen LogP contribution is 2.27. The molecule has 0 aliphatic heterocycles. The number of nitrogens with zero attached hydrogens (tertiary/aromatic N) is 5. The van der Waals surface area contributed by atoms with Crippen LogP contribution in [0.25, 0.3) is 22.4 Å². The van der Waals surface area contributed by atoms with E-state index in [1.807, 2.05) is 32.0 Å². The number of aromatic nitrogens is 4. The molecule has 7 heteroatoms. The summed E-state index contributed by atoms with van der Waals surface area (Å²) in [6.45, 7) is 4.02. The first kappa shape index (κ1) is 20.1. The lowest BCUT2D eigenvalue weighted by Gasteiger charge is -2.11. The normalized spacial score (nSPS) is 10.5. The summed E-state index contributed by atoms with van der Waals surface area (Å²) in [5.41, 5.74) is 5.45. The largest absolute Gasteiger partial charge is 0.363 e. The number of nitrogens with one attached hydrogen (secondary N) is 1. The molecule has 0 aromatic carbocycles. The molecule has 0 aliphatic rings. The van der Waals surface area contributed by atoms with Crippen LogP contribution in [-0.2, 0) is 6.54 Å².